The van der Waals surface area contributed by atoms with Gasteiger partial charge in [-0.2, -0.15) is 5.26 Å². The van der Waals surface area contributed by atoms with Crippen LogP contribution < -0.4 is 5.32 Å². The van der Waals surface area contributed by atoms with Crippen molar-refractivity contribution < 1.29 is 4.79 Å². The second-order valence-corrected chi connectivity index (χ2v) is 2.96. The number of carbonyl (C=O) groups excluding carboxylic acids is 1. The molecule has 1 N–H and O–H groups in total. The molecule has 13 heavy (non-hydrogen) atoms. The van der Waals surface area contributed by atoms with Gasteiger partial charge in [0.05, 0.1) is 6.07 Å². The number of carbonyl (C=O) groups is 1. The van der Waals surface area contributed by atoms with Gasteiger partial charge in [-0.3, -0.25) is 4.79 Å². The Morgan fingerprint density at radius 1 is 1.92 bits per heavy atom. The third-order valence-corrected chi connectivity index (χ3v) is 1.97. The number of aromatic nitrogens is 2. The topological polar surface area (TPSA) is 78.7 Å². The lowest BCUT2D eigenvalue weighted by Gasteiger charge is -2.05. The van der Waals surface area contributed by atoms with Gasteiger partial charge >= 0.3 is 0 Å². The zero-order chi connectivity index (χ0) is 9.68. The lowest BCUT2D eigenvalue weighted by molar-refractivity contribution is 0.0939. The van der Waals surface area contributed by atoms with Gasteiger partial charge in [0, 0.05) is 5.38 Å². The first kappa shape index (κ1) is 9.61. The van der Waals surface area contributed by atoms with E-state index in [1.54, 1.807) is 5.38 Å². The van der Waals surface area contributed by atoms with Crippen LogP contribution in [0.3, 0.4) is 0 Å². The maximum Gasteiger partial charge on any atom is 0.273 e. The van der Waals surface area contributed by atoms with E-state index in [9.17, 15) is 4.79 Å². The van der Waals surface area contributed by atoms with E-state index < -0.39 is 6.04 Å². The number of hydrogen-bond donors (Lipinski definition) is 1. The van der Waals surface area contributed by atoms with Crippen molar-refractivity contribution in [2.75, 3.05) is 0 Å². The molecule has 1 heterocycles. The lowest BCUT2D eigenvalue weighted by Crippen LogP contribution is -2.33. The Morgan fingerprint density at radius 3 is 3.15 bits per heavy atom. The van der Waals surface area contributed by atoms with Gasteiger partial charge in [-0.05, 0) is 18.0 Å². The summed E-state index contributed by atoms with van der Waals surface area (Å²) in [6, 6.07) is 1.52. The molecule has 0 bridgehead atoms. The van der Waals surface area contributed by atoms with E-state index in [1.807, 2.05) is 13.0 Å². The molecule has 0 aliphatic heterocycles. The third kappa shape index (κ3) is 2.49. The van der Waals surface area contributed by atoms with Crippen molar-refractivity contribution in [3.63, 3.8) is 0 Å². The van der Waals surface area contributed by atoms with Crippen LogP contribution in [0.1, 0.15) is 23.8 Å². The Kier molecular flexibility index (Phi) is 3.34. The molecule has 0 unspecified atom stereocenters. The Morgan fingerprint density at radius 2 is 2.69 bits per heavy atom. The van der Waals surface area contributed by atoms with E-state index in [-0.39, 0.29) is 11.6 Å². The summed E-state index contributed by atoms with van der Waals surface area (Å²) in [4.78, 5) is 11.3. The molecular weight excluding hydrogens is 188 g/mol. The summed E-state index contributed by atoms with van der Waals surface area (Å²) in [6.07, 6.45) is 0.583. The Bertz CT molecular complexity index is 316. The molecule has 5 nitrogen and oxygen atoms in total. The van der Waals surface area contributed by atoms with Crippen LogP contribution in [0.5, 0.6) is 0 Å². The predicted molar refractivity (Wildman–Crippen MR) is 47.1 cm³/mol. The molecule has 1 amide bonds. The molecule has 0 radical (unpaired) electrons. The second kappa shape index (κ2) is 4.52. The first-order valence-corrected chi connectivity index (χ1v) is 4.59. The van der Waals surface area contributed by atoms with Crippen LogP contribution in [-0.4, -0.2) is 21.5 Å². The van der Waals surface area contributed by atoms with Crippen molar-refractivity contribution in [3.8, 4) is 6.07 Å². The van der Waals surface area contributed by atoms with E-state index in [2.05, 4.69) is 14.9 Å². The maximum absolute atomic E-state index is 11.3. The first-order chi connectivity index (χ1) is 6.27. The largest absolute Gasteiger partial charge is 0.335 e. The number of nitrogens with zero attached hydrogens (tertiary/aromatic N) is 3. The summed E-state index contributed by atoms with van der Waals surface area (Å²) >= 11 is 1.11. The van der Waals surface area contributed by atoms with Gasteiger partial charge in [-0.25, -0.2) is 0 Å². The maximum atomic E-state index is 11.3. The van der Waals surface area contributed by atoms with Crippen LogP contribution in [0.15, 0.2) is 5.38 Å². The summed E-state index contributed by atoms with van der Waals surface area (Å²) in [5.74, 6) is -0.345. The van der Waals surface area contributed by atoms with Gasteiger partial charge in [0.1, 0.15) is 6.04 Å². The average Bonchev–Trinajstić information content (AvgIpc) is 2.66. The molecule has 0 aromatic carbocycles. The number of nitriles is 1. The van der Waals surface area contributed by atoms with Crippen LogP contribution in [0, 0.1) is 11.3 Å². The van der Waals surface area contributed by atoms with Crippen molar-refractivity contribution in [2.24, 2.45) is 0 Å². The molecule has 1 aromatic heterocycles. The molecule has 68 valence electrons. The average molecular weight is 196 g/mol. The summed E-state index contributed by atoms with van der Waals surface area (Å²) in [7, 11) is 0. The molecule has 0 aliphatic carbocycles. The summed E-state index contributed by atoms with van der Waals surface area (Å²) < 4.78 is 3.55. The van der Waals surface area contributed by atoms with E-state index in [0.717, 1.165) is 11.5 Å². The molecule has 1 rings (SSSR count). The fourth-order valence-corrected chi connectivity index (χ4v) is 1.16. The fourth-order valence-electron chi connectivity index (χ4n) is 0.721. The van der Waals surface area contributed by atoms with Gasteiger partial charge in [-0.15, -0.1) is 5.10 Å². The summed E-state index contributed by atoms with van der Waals surface area (Å²) in [6.45, 7) is 1.83. The molecule has 1 aromatic rings. The molecule has 0 saturated carbocycles. The van der Waals surface area contributed by atoms with Crippen LogP contribution in [0.2, 0.25) is 0 Å². The number of amides is 1. The second-order valence-electron chi connectivity index (χ2n) is 2.35. The molecule has 0 aliphatic rings. The zero-order valence-electron chi connectivity index (χ0n) is 7.02. The van der Waals surface area contributed by atoms with Crippen molar-refractivity contribution in [3.05, 3.63) is 11.1 Å². The lowest BCUT2D eigenvalue weighted by atomic mass is 10.2. The van der Waals surface area contributed by atoms with E-state index in [1.165, 1.54) is 0 Å². The fraction of sp³-hybridized carbons (Fsp3) is 0.429. The highest BCUT2D eigenvalue weighted by Crippen LogP contribution is 1.98. The predicted octanol–water partition coefficient (Wildman–Crippen LogP) is 0.570. The van der Waals surface area contributed by atoms with E-state index in [4.69, 9.17) is 5.26 Å². The first-order valence-electron chi connectivity index (χ1n) is 3.75. The molecule has 0 fully saturated rings. The monoisotopic (exact) mass is 196 g/mol. The minimum absolute atomic E-state index is 0.263. The molecule has 0 saturated heterocycles. The quantitative estimate of drug-likeness (QED) is 0.766. The highest BCUT2D eigenvalue weighted by atomic mass is 32.1. The number of nitrogens with one attached hydrogen (secondary N) is 1. The van der Waals surface area contributed by atoms with E-state index >= 15 is 0 Å². The minimum atomic E-state index is -0.450. The molecule has 6 heteroatoms. The van der Waals surface area contributed by atoms with Crippen LogP contribution >= 0.6 is 11.5 Å². The summed E-state index contributed by atoms with van der Waals surface area (Å²) in [5.41, 5.74) is 0.263. The Hall–Kier alpha value is -1.48. The Labute approximate surface area is 79.5 Å². The molecule has 0 spiro atoms. The smallest absolute Gasteiger partial charge is 0.273 e. The number of rotatable bonds is 3. The minimum Gasteiger partial charge on any atom is -0.335 e. The van der Waals surface area contributed by atoms with Crippen LogP contribution in [0.25, 0.3) is 0 Å². The van der Waals surface area contributed by atoms with Gasteiger partial charge in [0.2, 0.25) is 0 Å². The molecule has 1 atom stereocenters. The SMILES string of the molecule is CC[C@@H](C#N)NC(=O)c1csnn1. The van der Waals surface area contributed by atoms with Crippen LogP contribution in [0.4, 0.5) is 0 Å². The van der Waals surface area contributed by atoms with Crippen LogP contribution in [-0.2, 0) is 0 Å². The van der Waals surface area contributed by atoms with Gasteiger partial charge < -0.3 is 5.32 Å². The highest BCUT2D eigenvalue weighted by molar-refractivity contribution is 7.03. The van der Waals surface area contributed by atoms with Gasteiger partial charge in [0.25, 0.3) is 5.91 Å². The standard InChI is InChI=1S/C7H8N4OS/c1-2-5(3-8)9-7(12)6-4-13-11-10-6/h4-5H,2H2,1H3,(H,9,12)/t5-/m0/s1. The van der Waals surface area contributed by atoms with Crippen molar-refractivity contribution in [1.82, 2.24) is 14.9 Å². The van der Waals surface area contributed by atoms with Crippen molar-refractivity contribution in [1.29, 1.82) is 5.26 Å². The summed E-state index contributed by atoms with van der Waals surface area (Å²) in [5, 5.41) is 16.2. The Balaban J connectivity index is 2.57. The van der Waals surface area contributed by atoms with Crippen molar-refractivity contribution in [2.45, 2.75) is 19.4 Å². The van der Waals surface area contributed by atoms with Crippen molar-refractivity contribution >= 4 is 17.4 Å². The third-order valence-electron chi connectivity index (χ3n) is 1.46. The number of hydrogen-bond acceptors (Lipinski definition) is 5. The normalized spacial score (nSPS) is 11.7. The van der Waals surface area contributed by atoms with Gasteiger partial charge in [0.15, 0.2) is 5.69 Å². The highest BCUT2D eigenvalue weighted by Gasteiger charge is 2.12. The zero-order valence-corrected chi connectivity index (χ0v) is 7.84. The van der Waals surface area contributed by atoms with E-state index in [0.29, 0.717) is 6.42 Å². The van der Waals surface area contributed by atoms with Gasteiger partial charge in [-0.1, -0.05) is 11.4 Å². The molecular formula is C7H8N4OS.